The third-order valence-corrected chi connectivity index (χ3v) is 2.31. The minimum atomic E-state index is 0.174. The monoisotopic (exact) mass is 246 g/mol. The topological polar surface area (TPSA) is 38.7 Å². The van der Waals surface area contributed by atoms with Crippen LogP contribution in [0.15, 0.2) is 12.1 Å². The first-order chi connectivity index (χ1) is 6.22. The predicted octanol–water partition coefficient (Wildman–Crippen LogP) is 2.30. The number of methoxy groups -OCH3 is 2. The molecule has 0 saturated carbocycles. The molecular formula is C9H11BrO3. The summed E-state index contributed by atoms with van der Waals surface area (Å²) in [5, 5.41) is 10.1. The van der Waals surface area contributed by atoms with Crippen molar-refractivity contribution in [2.45, 2.75) is 5.33 Å². The van der Waals surface area contributed by atoms with E-state index in [1.165, 1.54) is 0 Å². The lowest BCUT2D eigenvalue weighted by Crippen LogP contribution is -1.92. The van der Waals surface area contributed by atoms with E-state index in [0.717, 1.165) is 5.56 Å². The van der Waals surface area contributed by atoms with Crippen LogP contribution in [-0.2, 0) is 5.33 Å². The summed E-state index contributed by atoms with van der Waals surface area (Å²) in [5.74, 6) is 1.38. The molecule has 0 aliphatic rings. The predicted molar refractivity (Wildman–Crippen MR) is 53.8 cm³/mol. The summed E-state index contributed by atoms with van der Waals surface area (Å²) >= 11 is 3.27. The molecule has 0 saturated heterocycles. The third kappa shape index (κ3) is 2.06. The summed E-state index contributed by atoms with van der Waals surface area (Å²) < 4.78 is 10.1. The molecule has 4 heteroatoms. The zero-order valence-electron chi connectivity index (χ0n) is 7.50. The Bertz CT molecular complexity index is 299. The molecule has 0 bridgehead atoms. The molecule has 0 radical (unpaired) electrons. The smallest absolute Gasteiger partial charge is 0.130 e. The van der Waals surface area contributed by atoms with Crippen molar-refractivity contribution >= 4 is 15.9 Å². The molecule has 0 amide bonds. The van der Waals surface area contributed by atoms with Gasteiger partial charge in [0, 0.05) is 23.0 Å². The molecule has 0 fully saturated rings. The number of hydrogen-bond donors (Lipinski definition) is 1. The van der Waals surface area contributed by atoms with Gasteiger partial charge in [0.05, 0.1) is 14.2 Å². The Morgan fingerprint density at radius 2 is 2.00 bits per heavy atom. The lowest BCUT2D eigenvalue weighted by molar-refractivity contribution is 0.381. The fraction of sp³-hybridized carbons (Fsp3) is 0.333. The van der Waals surface area contributed by atoms with Crippen molar-refractivity contribution in [3.63, 3.8) is 0 Å². The van der Waals surface area contributed by atoms with E-state index in [9.17, 15) is 5.11 Å². The Labute approximate surface area is 85.4 Å². The van der Waals surface area contributed by atoms with Crippen LogP contribution >= 0.6 is 15.9 Å². The molecule has 0 aromatic heterocycles. The van der Waals surface area contributed by atoms with Gasteiger partial charge < -0.3 is 14.6 Å². The van der Waals surface area contributed by atoms with Gasteiger partial charge in [0.25, 0.3) is 0 Å². The quantitative estimate of drug-likeness (QED) is 0.833. The van der Waals surface area contributed by atoms with Gasteiger partial charge in [-0.25, -0.2) is 0 Å². The van der Waals surface area contributed by atoms with E-state index in [2.05, 4.69) is 15.9 Å². The van der Waals surface area contributed by atoms with Gasteiger partial charge in [-0.2, -0.15) is 0 Å². The molecule has 0 spiro atoms. The second kappa shape index (κ2) is 4.37. The molecule has 3 nitrogen and oxygen atoms in total. The standard InChI is InChI=1S/C9H11BrO3/c1-12-6-3-8(11)7(5-10)9(4-6)13-2/h3-4,11H,5H2,1-2H3. The first kappa shape index (κ1) is 10.2. The normalized spacial score (nSPS) is 9.77. The lowest BCUT2D eigenvalue weighted by atomic mass is 10.2. The van der Waals surface area contributed by atoms with E-state index >= 15 is 0 Å². The summed E-state index contributed by atoms with van der Waals surface area (Å²) in [6.07, 6.45) is 0. The van der Waals surface area contributed by atoms with Gasteiger partial charge >= 0.3 is 0 Å². The van der Waals surface area contributed by atoms with Crippen molar-refractivity contribution in [2.75, 3.05) is 14.2 Å². The summed E-state index contributed by atoms with van der Waals surface area (Å²) in [7, 11) is 3.10. The Kier molecular flexibility index (Phi) is 3.42. The number of halogens is 1. The van der Waals surface area contributed by atoms with Crippen LogP contribution in [0.3, 0.4) is 0 Å². The molecule has 0 atom stereocenters. The van der Waals surface area contributed by atoms with Crippen LogP contribution in [0.4, 0.5) is 0 Å². The largest absolute Gasteiger partial charge is 0.507 e. The van der Waals surface area contributed by atoms with Crippen molar-refractivity contribution in [2.24, 2.45) is 0 Å². The van der Waals surface area contributed by atoms with E-state index in [-0.39, 0.29) is 5.75 Å². The van der Waals surface area contributed by atoms with E-state index in [4.69, 9.17) is 9.47 Å². The molecule has 1 aromatic rings. The van der Waals surface area contributed by atoms with Gasteiger partial charge in [-0.15, -0.1) is 0 Å². The second-order valence-electron chi connectivity index (χ2n) is 2.46. The van der Waals surface area contributed by atoms with Crippen LogP contribution in [-0.4, -0.2) is 19.3 Å². The third-order valence-electron chi connectivity index (χ3n) is 1.75. The van der Waals surface area contributed by atoms with Crippen LogP contribution in [0.5, 0.6) is 17.2 Å². The highest BCUT2D eigenvalue weighted by Gasteiger charge is 2.09. The van der Waals surface area contributed by atoms with Gasteiger partial charge in [-0.3, -0.25) is 0 Å². The maximum Gasteiger partial charge on any atom is 0.130 e. The van der Waals surface area contributed by atoms with Gasteiger partial charge in [0.15, 0.2) is 0 Å². The number of ether oxygens (including phenoxy) is 2. The number of aromatic hydroxyl groups is 1. The number of alkyl halides is 1. The number of phenols is 1. The van der Waals surface area contributed by atoms with E-state index < -0.39 is 0 Å². The Balaban J connectivity index is 3.20. The number of phenolic OH excluding ortho intramolecular Hbond substituents is 1. The molecule has 0 aliphatic heterocycles. The van der Waals surface area contributed by atoms with Crippen LogP contribution in [0, 0.1) is 0 Å². The van der Waals surface area contributed by atoms with Gasteiger partial charge in [-0.1, -0.05) is 15.9 Å². The Hall–Kier alpha value is -0.900. The van der Waals surface area contributed by atoms with E-state index in [1.54, 1.807) is 26.4 Å². The highest BCUT2D eigenvalue weighted by molar-refractivity contribution is 9.08. The van der Waals surface area contributed by atoms with Crippen LogP contribution in [0.25, 0.3) is 0 Å². The fourth-order valence-electron chi connectivity index (χ4n) is 1.04. The van der Waals surface area contributed by atoms with Crippen molar-refractivity contribution < 1.29 is 14.6 Å². The molecular weight excluding hydrogens is 236 g/mol. The molecule has 72 valence electrons. The maximum atomic E-state index is 9.54. The van der Waals surface area contributed by atoms with E-state index in [0.29, 0.717) is 16.8 Å². The van der Waals surface area contributed by atoms with Gasteiger partial charge in [-0.05, 0) is 0 Å². The second-order valence-corrected chi connectivity index (χ2v) is 3.02. The molecule has 0 aliphatic carbocycles. The summed E-state index contributed by atoms with van der Waals surface area (Å²) in [6.45, 7) is 0. The van der Waals surface area contributed by atoms with Crippen molar-refractivity contribution in [3.8, 4) is 17.2 Å². The molecule has 1 aromatic carbocycles. The lowest BCUT2D eigenvalue weighted by Gasteiger charge is -2.10. The van der Waals surface area contributed by atoms with Crippen LogP contribution in [0.1, 0.15) is 5.56 Å². The van der Waals surface area contributed by atoms with Crippen LogP contribution < -0.4 is 9.47 Å². The highest BCUT2D eigenvalue weighted by Crippen LogP contribution is 2.34. The average Bonchev–Trinajstić information content (AvgIpc) is 2.16. The fourth-order valence-corrected chi connectivity index (χ4v) is 1.60. The minimum Gasteiger partial charge on any atom is -0.507 e. The van der Waals surface area contributed by atoms with E-state index in [1.807, 2.05) is 0 Å². The van der Waals surface area contributed by atoms with Crippen molar-refractivity contribution in [3.05, 3.63) is 17.7 Å². The SMILES string of the molecule is COc1cc(O)c(CBr)c(OC)c1. The average molecular weight is 247 g/mol. The van der Waals surface area contributed by atoms with Crippen molar-refractivity contribution in [1.82, 2.24) is 0 Å². The molecule has 1 rings (SSSR count). The van der Waals surface area contributed by atoms with Crippen LogP contribution in [0.2, 0.25) is 0 Å². The maximum absolute atomic E-state index is 9.54. The van der Waals surface area contributed by atoms with Crippen molar-refractivity contribution in [1.29, 1.82) is 0 Å². The summed E-state index contributed by atoms with van der Waals surface area (Å²) in [6, 6.07) is 3.29. The molecule has 13 heavy (non-hydrogen) atoms. The van der Waals surface area contributed by atoms with Gasteiger partial charge in [0.1, 0.15) is 17.2 Å². The Morgan fingerprint density at radius 1 is 1.31 bits per heavy atom. The summed E-state index contributed by atoms with van der Waals surface area (Å²) in [5.41, 5.74) is 0.725. The molecule has 1 N–H and O–H groups in total. The zero-order chi connectivity index (χ0) is 9.84. The first-order valence-electron chi connectivity index (χ1n) is 3.72. The van der Waals surface area contributed by atoms with Gasteiger partial charge in [0.2, 0.25) is 0 Å². The number of rotatable bonds is 3. The minimum absolute atomic E-state index is 0.174. The Morgan fingerprint density at radius 3 is 2.46 bits per heavy atom. The number of benzene rings is 1. The first-order valence-corrected chi connectivity index (χ1v) is 4.85. The molecule has 0 unspecified atom stereocenters. The number of hydrogen-bond acceptors (Lipinski definition) is 3. The molecule has 0 heterocycles. The zero-order valence-corrected chi connectivity index (χ0v) is 9.09. The summed E-state index contributed by atoms with van der Waals surface area (Å²) in [4.78, 5) is 0. The highest BCUT2D eigenvalue weighted by atomic mass is 79.9.